The van der Waals surface area contributed by atoms with Gasteiger partial charge in [0.25, 0.3) is 0 Å². The Bertz CT molecular complexity index is 398. The molecule has 1 N–H and O–H groups in total. The van der Waals surface area contributed by atoms with Crippen LogP contribution in [-0.2, 0) is 16.1 Å². The highest BCUT2D eigenvalue weighted by Gasteiger charge is 2.12. The summed E-state index contributed by atoms with van der Waals surface area (Å²) < 4.78 is 5.04. The molecule has 0 saturated heterocycles. The number of pyridine rings is 1. The quantitative estimate of drug-likeness (QED) is 0.792. The van der Waals surface area contributed by atoms with Crippen molar-refractivity contribution >= 4 is 5.97 Å². The van der Waals surface area contributed by atoms with Crippen LogP contribution in [0.3, 0.4) is 0 Å². The highest BCUT2D eigenvalue weighted by atomic mass is 16.5. The number of rotatable bonds is 4. The Hall–Kier alpha value is -1.93. The van der Waals surface area contributed by atoms with Gasteiger partial charge in [0.15, 0.2) is 6.10 Å². The van der Waals surface area contributed by atoms with E-state index in [-0.39, 0.29) is 12.3 Å². The number of ether oxygens (including phenoxy) is 1. The third kappa shape index (κ3) is 3.04. The van der Waals surface area contributed by atoms with E-state index in [1.54, 1.807) is 12.1 Å². The Kier molecular flexibility index (Phi) is 3.77. The molecular weight excluding hydrogens is 196 g/mol. The predicted octanol–water partition coefficient (Wildman–Crippen LogP) is 0.943. The zero-order chi connectivity index (χ0) is 11.3. The first-order chi connectivity index (χ1) is 7.15. The molecular formula is C10H10N2O3. The van der Waals surface area contributed by atoms with Crippen LogP contribution in [0.2, 0.25) is 0 Å². The highest BCUT2D eigenvalue weighted by Crippen LogP contribution is 2.07. The summed E-state index contributed by atoms with van der Waals surface area (Å²) >= 11 is 0. The van der Waals surface area contributed by atoms with Crippen LogP contribution in [0, 0.1) is 11.3 Å². The van der Waals surface area contributed by atoms with Gasteiger partial charge in [-0.2, -0.15) is 5.26 Å². The van der Waals surface area contributed by atoms with Gasteiger partial charge in [0.1, 0.15) is 11.8 Å². The first kappa shape index (κ1) is 11.1. The molecule has 5 nitrogen and oxygen atoms in total. The second kappa shape index (κ2) is 5.08. The largest absolute Gasteiger partial charge is 0.479 e. The molecule has 0 saturated carbocycles. The first-order valence-electron chi connectivity index (χ1n) is 4.33. The van der Waals surface area contributed by atoms with Crippen molar-refractivity contribution in [2.75, 3.05) is 0 Å². The minimum atomic E-state index is -1.03. The predicted molar refractivity (Wildman–Crippen MR) is 50.8 cm³/mol. The van der Waals surface area contributed by atoms with Crippen LogP contribution >= 0.6 is 0 Å². The molecule has 0 bridgehead atoms. The fourth-order valence-electron chi connectivity index (χ4n) is 0.942. The fourth-order valence-corrected chi connectivity index (χ4v) is 0.942. The number of nitriles is 1. The molecule has 0 fully saturated rings. The third-order valence-electron chi connectivity index (χ3n) is 1.83. The Labute approximate surface area is 86.9 Å². The molecule has 1 aromatic heterocycles. The van der Waals surface area contributed by atoms with Crippen LogP contribution in [0.4, 0.5) is 0 Å². The van der Waals surface area contributed by atoms with Gasteiger partial charge in [0.2, 0.25) is 0 Å². The Morgan fingerprint density at radius 1 is 1.80 bits per heavy atom. The molecule has 78 valence electrons. The lowest BCUT2D eigenvalue weighted by Gasteiger charge is -2.08. The van der Waals surface area contributed by atoms with E-state index in [1.807, 2.05) is 6.07 Å². The van der Waals surface area contributed by atoms with Crippen molar-refractivity contribution in [3.05, 3.63) is 29.6 Å². The number of carboxylic acid groups (broad SMARTS) is 1. The van der Waals surface area contributed by atoms with Gasteiger partial charge in [-0.25, -0.2) is 9.78 Å². The monoisotopic (exact) mass is 206 g/mol. The van der Waals surface area contributed by atoms with Gasteiger partial charge in [-0.3, -0.25) is 0 Å². The summed E-state index contributed by atoms with van der Waals surface area (Å²) in [5.74, 6) is -1.03. The molecule has 0 radical (unpaired) electrons. The molecule has 1 unspecified atom stereocenters. The normalized spacial score (nSPS) is 11.7. The van der Waals surface area contributed by atoms with Crippen molar-refractivity contribution in [2.45, 2.75) is 19.6 Å². The van der Waals surface area contributed by atoms with Crippen LogP contribution in [0.15, 0.2) is 18.3 Å². The molecule has 0 aliphatic heterocycles. The molecule has 0 aliphatic rings. The van der Waals surface area contributed by atoms with Gasteiger partial charge in [-0.1, -0.05) is 6.07 Å². The lowest BCUT2D eigenvalue weighted by atomic mass is 10.2. The second-order valence-corrected chi connectivity index (χ2v) is 2.91. The summed E-state index contributed by atoms with van der Waals surface area (Å²) in [4.78, 5) is 14.3. The van der Waals surface area contributed by atoms with E-state index in [0.29, 0.717) is 5.56 Å². The van der Waals surface area contributed by atoms with E-state index in [1.165, 1.54) is 13.1 Å². The molecule has 1 aromatic rings. The second-order valence-electron chi connectivity index (χ2n) is 2.91. The summed E-state index contributed by atoms with van der Waals surface area (Å²) in [5.41, 5.74) is 0.850. The summed E-state index contributed by atoms with van der Waals surface area (Å²) in [6.07, 6.45) is 0.611. The number of nitrogens with zero attached hydrogens (tertiary/aromatic N) is 2. The van der Waals surface area contributed by atoms with Crippen LogP contribution in [0.1, 0.15) is 18.2 Å². The first-order valence-corrected chi connectivity index (χ1v) is 4.33. The number of hydrogen-bond acceptors (Lipinski definition) is 4. The maximum Gasteiger partial charge on any atom is 0.332 e. The van der Waals surface area contributed by atoms with Crippen LogP contribution < -0.4 is 0 Å². The van der Waals surface area contributed by atoms with Crippen molar-refractivity contribution < 1.29 is 14.6 Å². The lowest BCUT2D eigenvalue weighted by Crippen LogP contribution is -2.19. The van der Waals surface area contributed by atoms with E-state index in [0.717, 1.165) is 0 Å². The molecule has 15 heavy (non-hydrogen) atoms. The van der Waals surface area contributed by atoms with E-state index in [4.69, 9.17) is 15.1 Å². The van der Waals surface area contributed by atoms with E-state index < -0.39 is 12.1 Å². The van der Waals surface area contributed by atoms with Gasteiger partial charge in [-0.15, -0.1) is 0 Å². The summed E-state index contributed by atoms with van der Waals surface area (Å²) in [6.45, 7) is 1.51. The zero-order valence-corrected chi connectivity index (χ0v) is 8.17. The van der Waals surface area contributed by atoms with Gasteiger partial charge in [0.05, 0.1) is 6.61 Å². The molecule has 0 spiro atoms. The average molecular weight is 206 g/mol. The van der Waals surface area contributed by atoms with E-state index in [2.05, 4.69) is 4.98 Å². The summed E-state index contributed by atoms with van der Waals surface area (Å²) in [5, 5.41) is 17.3. The number of hydrogen-bond donors (Lipinski definition) is 1. The van der Waals surface area contributed by atoms with E-state index in [9.17, 15) is 4.79 Å². The average Bonchev–Trinajstić information content (AvgIpc) is 2.26. The van der Waals surface area contributed by atoms with Crippen molar-refractivity contribution in [3.8, 4) is 6.07 Å². The standard InChI is InChI=1S/C10H10N2O3/c1-7(10(13)14)15-6-8-3-2-4-12-9(8)5-11/h2-4,7H,6H2,1H3,(H,13,14). The van der Waals surface area contributed by atoms with Gasteiger partial charge >= 0.3 is 5.97 Å². The Balaban J connectivity index is 2.66. The maximum absolute atomic E-state index is 10.5. The van der Waals surface area contributed by atoms with Crippen LogP contribution in [0.25, 0.3) is 0 Å². The SMILES string of the molecule is CC(OCc1cccnc1C#N)C(=O)O. The number of carbonyl (C=O) groups is 1. The molecule has 0 aliphatic carbocycles. The molecule has 1 heterocycles. The van der Waals surface area contributed by atoms with E-state index >= 15 is 0 Å². The molecule has 0 aromatic carbocycles. The summed E-state index contributed by atoms with van der Waals surface area (Å²) in [6, 6.07) is 5.26. The number of carboxylic acids is 1. The zero-order valence-electron chi connectivity index (χ0n) is 8.17. The number of aromatic nitrogens is 1. The lowest BCUT2D eigenvalue weighted by molar-refractivity contribution is -0.149. The molecule has 0 amide bonds. The van der Waals surface area contributed by atoms with Gasteiger partial charge in [-0.05, 0) is 13.0 Å². The highest BCUT2D eigenvalue weighted by molar-refractivity contribution is 5.71. The topological polar surface area (TPSA) is 83.2 Å². The Morgan fingerprint density at radius 3 is 3.13 bits per heavy atom. The number of aliphatic carboxylic acids is 1. The summed E-state index contributed by atoms with van der Waals surface area (Å²) in [7, 11) is 0. The smallest absolute Gasteiger partial charge is 0.332 e. The van der Waals surface area contributed by atoms with Crippen LogP contribution in [-0.4, -0.2) is 22.2 Å². The molecule has 1 atom stereocenters. The minimum absolute atomic E-state index is 0.0736. The van der Waals surface area contributed by atoms with Crippen molar-refractivity contribution in [3.63, 3.8) is 0 Å². The molecule has 5 heteroatoms. The van der Waals surface area contributed by atoms with Gasteiger partial charge in [0, 0.05) is 11.8 Å². The third-order valence-corrected chi connectivity index (χ3v) is 1.83. The van der Waals surface area contributed by atoms with Crippen molar-refractivity contribution in [1.82, 2.24) is 4.98 Å². The van der Waals surface area contributed by atoms with Crippen molar-refractivity contribution in [2.24, 2.45) is 0 Å². The Morgan fingerprint density at radius 2 is 2.53 bits per heavy atom. The van der Waals surface area contributed by atoms with Crippen LogP contribution in [0.5, 0.6) is 0 Å². The van der Waals surface area contributed by atoms with Gasteiger partial charge < -0.3 is 9.84 Å². The fraction of sp³-hybridized carbons (Fsp3) is 0.300. The minimum Gasteiger partial charge on any atom is -0.479 e. The van der Waals surface area contributed by atoms with Crippen molar-refractivity contribution in [1.29, 1.82) is 5.26 Å². The maximum atomic E-state index is 10.5. The molecule has 1 rings (SSSR count).